The molecule has 0 spiro atoms. The summed E-state index contributed by atoms with van der Waals surface area (Å²) in [6.45, 7) is 4.44. The highest BCUT2D eigenvalue weighted by atomic mass is 16.5. The van der Waals surface area contributed by atoms with Gasteiger partial charge in [0.1, 0.15) is 11.5 Å². The fraction of sp³-hybridized carbons (Fsp3) is 0.200. The molecular weight excluding hydrogens is 376 g/mol. The summed E-state index contributed by atoms with van der Waals surface area (Å²) in [7, 11) is 0. The third-order valence-corrected chi connectivity index (χ3v) is 4.38. The van der Waals surface area contributed by atoms with Crippen molar-refractivity contribution in [1.82, 2.24) is 5.43 Å². The van der Waals surface area contributed by atoms with E-state index in [0.717, 1.165) is 28.9 Å². The Kier molecular flexibility index (Phi) is 7.61. The average Bonchev–Trinajstić information content (AvgIpc) is 2.79. The van der Waals surface area contributed by atoms with Gasteiger partial charge in [0, 0.05) is 0 Å². The van der Waals surface area contributed by atoms with E-state index in [9.17, 15) is 4.79 Å². The molecule has 0 fully saturated rings. The van der Waals surface area contributed by atoms with Gasteiger partial charge >= 0.3 is 0 Å². The van der Waals surface area contributed by atoms with Crippen molar-refractivity contribution in [2.75, 3.05) is 6.61 Å². The molecule has 0 heterocycles. The second-order valence-corrected chi connectivity index (χ2v) is 6.80. The first-order chi connectivity index (χ1) is 14.7. The van der Waals surface area contributed by atoms with E-state index in [1.165, 1.54) is 0 Å². The Bertz CT molecular complexity index is 952. The van der Waals surface area contributed by atoms with Crippen LogP contribution in [0, 0.1) is 0 Å². The standard InChI is InChI=1S/C25H26N2O3/c1-3-17-29-23-13-9-20(10-14-23)18-26-27-25(28)19(2)30-24-15-11-22(12-16-24)21-7-5-4-6-8-21/h4-16,18-19H,3,17H2,1-2H3,(H,27,28)/t19-/m0/s1. The highest BCUT2D eigenvalue weighted by Crippen LogP contribution is 2.22. The minimum Gasteiger partial charge on any atom is -0.494 e. The van der Waals surface area contributed by atoms with E-state index in [-0.39, 0.29) is 5.91 Å². The number of carbonyl (C=O) groups excluding carboxylic acids is 1. The molecule has 0 bridgehead atoms. The van der Waals surface area contributed by atoms with E-state index in [4.69, 9.17) is 9.47 Å². The van der Waals surface area contributed by atoms with E-state index in [2.05, 4.69) is 29.6 Å². The fourth-order valence-electron chi connectivity index (χ4n) is 2.75. The van der Waals surface area contributed by atoms with Crippen molar-refractivity contribution < 1.29 is 14.3 Å². The Hall–Kier alpha value is -3.60. The highest BCUT2D eigenvalue weighted by Gasteiger charge is 2.13. The topological polar surface area (TPSA) is 59.9 Å². The van der Waals surface area contributed by atoms with Crippen LogP contribution in [0.1, 0.15) is 25.8 Å². The minimum atomic E-state index is -0.672. The third-order valence-electron chi connectivity index (χ3n) is 4.38. The van der Waals surface area contributed by atoms with Gasteiger partial charge in [-0.05, 0) is 66.4 Å². The molecule has 3 aromatic rings. The Labute approximate surface area is 177 Å². The number of nitrogens with one attached hydrogen (secondary N) is 1. The predicted octanol–water partition coefficient (Wildman–Crippen LogP) is 5.06. The van der Waals surface area contributed by atoms with Crippen LogP contribution in [0.5, 0.6) is 11.5 Å². The van der Waals surface area contributed by atoms with E-state index in [1.54, 1.807) is 13.1 Å². The van der Waals surface area contributed by atoms with Gasteiger partial charge in [-0.15, -0.1) is 0 Å². The molecule has 0 aliphatic heterocycles. The first-order valence-corrected chi connectivity index (χ1v) is 10.0. The van der Waals surface area contributed by atoms with Gasteiger partial charge in [0.05, 0.1) is 12.8 Å². The summed E-state index contributed by atoms with van der Waals surface area (Å²) in [6, 6.07) is 25.3. The molecule has 0 aliphatic carbocycles. The molecule has 1 amide bonds. The van der Waals surface area contributed by atoms with Crippen LogP contribution in [0.15, 0.2) is 84.0 Å². The van der Waals surface area contributed by atoms with Crippen molar-refractivity contribution in [3.63, 3.8) is 0 Å². The fourth-order valence-corrected chi connectivity index (χ4v) is 2.75. The molecule has 154 valence electrons. The average molecular weight is 402 g/mol. The lowest BCUT2D eigenvalue weighted by atomic mass is 10.1. The first kappa shape index (κ1) is 21.1. The number of hydrogen-bond acceptors (Lipinski definition) is 4. The van der Waals surface area contributed by atoms with Gasteiger partial charge in [-0.2, -0.15) is 5.10 Å². The summed E-state index contributed by atoms with van der Waals surface area (Å²) in [6.07, 6.45) is 1.88. The van der Waals surface area contributed by atoms with E-state index < -0.39 is 6.10 Å². The Morgan fingerprint density at radius 1 is 0.933 bits per heavy atom. The lowest BCUT2D eigenvalue weighted by Gasteiger charge is -2.13. The van der Waals surface area contributed by atoms with Crippen molar-refractivity contribution in [2.45, 2.75) is 26.4 Å². The van der Waals surface area contributed by atoms with Crippen LogP contribution in [0.4, 0.5) is 0 Å². The monoisotopic (exact) mass is 402 g/mol. The number of amides is 1. The molecule has 0 radical (unpaired) electrons. The van der Waals surface area contributed by atoms with Gasteiger partial charge in [0.25, 0.3) is 5.91 Å². The summed E-state index contributed by atoms with van der Waals surface area (Å²) in [5.41, 5.74) is 5.60. The molecule has 1 atom stereocenters. The zero-order valence-electron chi connectivity index (χ0n) is 17.2. The third kappa shape index (κ3) is 6.21. The maximum atomic E-state index is 12.2. The summed E-state index contributed by atoms with van der Waals surface area (Å²) in [4.78, 5) is 12.2. The number of benzene rings is 3. The Morgan fingerprint density at radius 2 is 1.57 bits per heavy atom. The Balaban J connectivity index is 1.49. The molecule has 1 N–H and O–H groups in total. The van der Waals surface area contributed by atoms with Crippen LogP contribution in [-0.2, 0) is 4.79 Å². The SMILES string of the molecule is CCCOc1ccc(C=NNC(=O)[C@H](C)Oc2ccc(-c3ccccc3)cc2)cc1. The largest absolute Gasteiger partial charge is 0.494 e. The molecule has 3 rings (SSSR count). The van der Waals surface area contributed by atoms with Crippen molar-refractivity contribution in [3.8, 4) is 22.6 Å². The van der Waals surface area contributed by atoms with Crippen LogP contribution in [-0.4, -0.2) is 24.8 Å². The van der Waals surface area contributed by atoms with E-state index in [0.29, 0.717) is 12.4 Å². The van der Waals surface area contributed by atoms with Gasteiger partial charge in [-0.1, -0.05) is 49.4 Å². The van der Waals surface area contributed by atoms with Crippen molar-refractivity contribution in [2.24, 2.45) is 5.10 Å². The molecule has 3 aromatic carbocycles. The minimum absolute atomic E-state index is 0.318. The quantitative estimate of drug-likeness (QED) is 0.402. The summed E-state index contributed by atoms with van der Waals surface area (Å²) in [5, 5.41) is 4.00. The highest BCUT2D eigenvalue weighted by molar-refractivity contribution is 5.84. The van der Waals surface area contributed by atoms with E-state index in [1.807, 2.05) is 66.7 Å². The predicted molar refractivity (Wildman–Crippen MR) is 120 cm³/mol. The molecule has 30 heavy (non-hydrogen) atoms. The molecular formula is C25H26N2O3. The van der Waals surface area contributed by atoms with Crippen molar-refractivity contribution in [1.29, 1.82) is 0 Å². The van der Waals surface area contributed by atoms with Crippen LogP contribution >= 0.6 is 0 Å². The van der Waals surface area contributed by atoms with Crippen LogP contribution in [0.2, 0.25) is 0 Å². The van der Waals surface area contributed by atoms with E-state index >= 15 is 0 Å². The molecule has 0 saturated heterocycles. The van der Waals surface area contributed by atoms with Gasteiger partial charge in [-0.25, -0.2) is 5.43 Å². The Morgan fingerprint density at radius 3 is 2.23 bits per heavy atom. The maximum Gasteiger partial charge on any atom is 0.280 e. The molecule has 0 aromatic heterocycles. The van der Waals surface area contributed by atoms with Gasteiger partial charge in [0.2, 0.25) is 0 Å². The number of nitrogens with zero attached hydrogens (tertiary/aromatic N) is 1. The van der Waals surface area contributed by atoms with Gasteiger partial charge in [0.15, 0.2) is 6.10 Å². The van der Waals surface area contributed by atoms with Gasteiger partial charge < -0.3 is 9.47 Å². The van der Waals surface area contributed by atoms with Crippen LogP contribution < -0.4 is 14.9 Å². The lowest BCUT2D eigenvalue weighted by molar-refractivity contribution is -0.127. The number of rotatable bonds is 9. The zero-order valence-corrected chi connectivity index (χ0v) is 17.2. The summed E-state index contributed by atoms with van der Waals surface area (Å²) < 4.78 is 11.3. The molecule has 0 aliphatic rings. The second-order valence-electron chi connectivity index (χ2n) is 6.80. The number of hydrazone groups is 1. The molecule has 5 heteroatoms. The maximum absolute atomic E-state index is 12.2. The number of hydrogen-bond donors (Lipinski definition) is 1. The summed E-state index contributed by atoms with van der Waals surface area (Å²) >= 11 is 0. The molecule has 5 nitrogen and oxygen atoms in total. The number of carbonyl (C=O) groups is 1. The lowest BCUT2D eigenvalue weighted by Crippen LogP contribution is -2.33. The van der Waals surface area contributed by atoms with Crippen LogP contribution in [0.25, 0.3) is 11.1 Å². The second kappa shape index (κ2) is 10.8. The van der Waals surface area contributed by atoms with Crippen molar-refractivity contribution >= 4 is 12.1 Å². The normalized spacial score (nSPS) is 11.8. The van der Waals surface area contributed by atoms with Crippen LogP contribution in [0.3, 0.4) is 0 Å². The summed E-state index contributed by atoms with van der Waals surface area (Å²) in [5.74, 6) is 1.13. The van der Waals surface area contributed by atoms with Crippen molar-refractivity contribution in [3.05, 3.63) is 84.4 Å². The first-order valence-electron chi connectivity index (χ1n) is 10.0. The zero-order chi connectivity index (χ0) is 21.2. The molecule has 0 unspecified atom stereocenters. The number of ether oxygens (including phenoxy) is 2. The smallest absolute Gasteiger partial charge is 0.280 e. The van der Waals surface area contributed by atoms with Gasteiger partial charge in [-0.3, -0.25) is 4.79 Å². The molecule has 0 saturated carbocycles.